The highest BCUT2D eigenvalue weighted by molar-refractivity contribution is 5.89. The second kappa shape index (κ2) is 5.56. The monoisotopic (exact) mass is 328 g/mol. The van der Waals surface area contributed by atoms with Crippen LogP contribution in [0.15, 0.2) is 24.3 Å². The molecule has 24 heavy (non-hydrogen) atoms. The molecule has 0 amide bonds. The molecule has 4 rings (SSSR count). The molecule has 0 saturated heterocycles. The maximum Gasteiger partial charge on any atom is 0.142 e. The largest absolute Gasteiger partial charge is 0.393 e. The van der Waals surface area contributed by atoms with E-state index in [1.807, 2.05) is 6.08 Å². The lowest BCUT2D eigenvalue weighted by atomic mass is 9.48. The number of hydrogen-bond donors (Lipinski definition) is 1. The Bertz CT molecular complexity index is 591. The van der Waals surface area contributed by atoms with Gasteiger partial charge in [-0.1, -0.05) is 31.6 Å². The molecule has 1 N–H and O–H groups in total. The van der Waals surface area contributed by atoms with Gasteiger partial charge < -0.3 is 5.11 Å². The molecule has 2 heteroatoms. The number of aliphatic hydroxyl groups is 1. The van der Waals surface area contributed by atoms with E-state index < -0.39 is 0 Å². The van der Waals surface area contributed by atoms with Crippen LogP contribution in [0.3, 0.4) is 0 Å². The summed E-state index contributed by atoms with van der Waals surface area (Å²) in [6, 6.07) is 0. The third-order valence-corrected chi connectivity index (χ3v) is 8.39. The summed E-state index contributed by atoms with van der Waals surface area (Å²) in [7, 11) is 0. The molecular weight excluding hydrogens is 296 g/mol. The van der Waals surface area contributed by atoms with Crippen LogP contribution in [0.5, 0.6) is 0 Å². The molecule has 0 bridgehead atoms. The highest BCUT2D eigenvalue weighted by Crippen LogP contribution is 2.64. The minimum Gasteiger partial charge on any atom is -0.393 e. The second-order valence-corrected chi connectivity index (χ2v) is 9.43. The molecule has 0 heterocycles. The number of fused-ring (bicyclic) bond motifs is 5. The zero-order chi connectivity index (χ0) is 17.1. The topological polar surface area (TPSA) is 37.3 Å². The van der Waals surface area contributed by atoms with Crippen molar-refractivity contribution in [1.29, 1.82) is 0 Å². The van der Waals surface area contributed by atoms with Crippen LogP contribution >= 0.6 is 0 Å². The normalized spacial score (nSPS) is 50.5. The van der Waals surface area contributed by atoms with Crippen molar-refractivity contribution in [1.82, 2.24) is 0 Å². The molecule has 0 radical (unpaired) electrons. The first-order valence-electron chi connectivity index (χ1n) is 9.93. The van der Waals surface area contributed by atoms with E-state index in [1.165, 1.54) is 12.0 Å². The predicted molar refractivity (Wildman–Crippen MR) is 96.4 cm³/mol. The Labute approximate surface area is 146 Å². The highest BCUT2D eigenvalue weighted by Gasteiger charge is 2.60. The molecule has 132 valence electrons. The average molecular weight is 328 g/mol. The van der Waals surface area contributed by atoms with Gasteiger partial charge in [0.2, 0.25) is 0 Å². The fourth-order valence-corrected chi connectivity index (χ4v) is 6.99. The Balaban J connectivity index is 1.66. The zero-order valence-electron chi connectivity index (χ0n) is 15.3. The lowest BCUT2D eigenvalue weighted by molar-refractivity contribution is -0.134. The number of ketones is 1. The first kappa shape index (κ1) is 16.6. The Morgan fingerprint density at radius 3 is 2.75 bits per heavy atom. The smallest absolute Gasteiger partial charge is 0.142 e. The van der Waals surface area contributed by atoms with Crippen LogP contribution < -0.4 is 0 Å². The van der Waals surface area contributed by atoms with Crippen molar-refractivity contribution in [2.45, 2.75) is 71.3 Å². The summed E-state index contributed by atoms with van der Waals surface area (Å²) in [4.78, 5) is 13.0. The van der Waals surface area contributed by atoms with E-state index in [2.05, 4.69) is 26.5 Å². The molecule has 3 fully saturated rings. The zero-order valence-corrected chi connectivity index (χ0v) is 15.3. The van der Waals surface area contributed by atoms with Gasteiger partial charge in [0.25, 0.3) is 0 Å². The molecule has 0 aromatic rings. The number of Topliss-reactive ketones (excluding diaryl/α,β-unsaturated/α-hetero) is 1. The van der Waals surface area contributed by atoms with E-state index in [4.69, 9.17) is 0 Å². The van der Waals surface area contributed by atoms with E-state index in [9.17, 15) is 9.90 Å². The number of allylic oxidation sites excluding steroid dienone is 2. The molecule has 2 nitrogen and oxygen atoms in total. The molecule has 3 saturated carbocycles. The Kier molecular flexibility index (Phi) is 3.84. The molecular formula is C22H32O2. The number of rotatable bonds is 2. The third-order valence-electron chi connectivity index (χ3n) is 8.39. The van der Waals surface area contributed by atoms with Crippen molar-refractivity contribution in [3.05, 3.63) is 24.3 Å². The van der Waals surface area contributed by atoms with Gasteiger partial charge in [-0.15, -0.1) is 6.58 Å². The van der Waals surface area contributed by atoms with Crippen molar-refractivity contribution >= 4 is 5.78 Å². The van der Waals surface area contributed by atoms with E-state index in [-0.39, 0.29) is 22.9 Å². The van der Waals surface area contributed by atoms with Gasteiger partial charge in [-0.3, -0.25) is 4.79 Å². The molecule has 0 aromatic heterocycles. The number of hydrogen-bond acceptors (Lipinski definition) is 2. The summed E-state index contributed by atoms with van der Waals surface area (Å²) >= 11 is 0. The summed E-state index contributed by atoms with van der Waals surface area (Å²) in [6.07, 6.45) is 12.5. The minimum absolute atomic E-state index is 0.0925. The van der Waals surface area contributed by atoms with Crippen molar-refractivity contribution in [2.24, 2.45) is 34.5 Å². The lowest BCUT2D eigenvalue weighted by Crippen LogP contribution is -2.50. The van der Waals surface area contributed by atoms with Gasteiger partial charge in [0.1, 0.15) is 5.78 Å². The summed E-state index contributed by atoms with van der Waals surface area (Å²) in [5, 5.41) is 10.1. The fourth-order valence-electron chi connectivity index (χ4n) is 6.99. The van der Waals surface area contributed by atoms with Crippen LogP contribution in [0.1, 0.15) is 65.2 Å². The van der Waals surface area contributed by atoms with Crippen LogP contribution in [-0.2, 0) is 4.79 Å². The van der Waals surface area contributed by atoms with Crippen molar-refractivity contribution < 1.29 is 9.90 Å². The standard InChI is InChI=1S/C22H32O2/c1-4-5-14-12-19-17-7-6-15-13-16(23)8-10-21(15,2)18(17)9-11-22(19,3)20(14)24/h4,6,14,16-19,23H,1,5,7-13H2,2-3H3/t14-,16?,17-,18+,19+,21+,22+/m1/s1. The number of carbonyl (C=O) groups excluding carboxylic acids is 1. The lowest BCUT2D eigenvalue weighted by Gasteiger charge is -2.56. The van der Waals surface area contributed by atoms with E-state index >= 15 is 0 Å². The molecule has 4 aliphatic rings. The van der Waals surface area contributed by atoms with Crippen molar-refractivity contribution in [3.8, 4) is 0 Å². The van der Waals surface area contributed by atoms with E-state index in [0.29, 0.717) is 23.5 Å². The summed E-state index contributed by atoms with van der Waals surface area (Å²) < 4.78 is 0. The summed E-state index contributed by atoms with van der Waals surface area (Å²) in [6.45, 7) is 8.57. The second-order valence-electron chi connectivity index (χ2n) is 9.43. The summed E-state index contributed by atoms with van der Waals surface area (Å²) in [5.74, 6) is 2.65. The van der Waals surface area contributed by atoms with Gasteiger partial charge in [-0.25, -0.2) is 0 Å². The third kappa shape index (κ3) is 2.14. The van der Waals surface area contributed by atoms with Crippen LogP contribution in [0.4, 0.5) is 0 Å². The first-order chi connectivity index (χ1) is 11.4. The van der Waals surface area contributed by atoms with Crippen molar-refractivity contribution in [3.63, 3.8) is 0 Å². The molecule has 0 aliphatic heterocycles. The van der Waals surface area contributed by atoms with Gasteiger partial charge in [0, 0.05) is 11.3 Å². The van der Waals surface area contributed by atoms with Gasteiger partial charge in [-0.05, 0) is 74.5 Å². The van der Waals surface area contributed by atoms with Crippen LogP contribution in [0.2, 0.25) is 0 Å². The quantitative estimate of drug-likeness (QED) is 0.747. The predicted octanol–water partition coefficient (Wildman–Crippen LogP) is 4.68. The fraction of sp³-hybridized carbons (Fsp3) is 0.773. The van der Waals surface area contributed by atoms with E-state index in [1.54, 1.807) is 0 Å². The molecule has 4 aliphatic carbocycles. The Morgan fingerprint density at radius 1 is 1.25 bits per heavy atom. The molecule has 0 aromatic carbocycles. The van der Waals surface area contributed by atoms with Crippen LogP contribution in [-0.4, -0.2) is 17.0 Å². The van der Waals surface area contributed by atoms with Gasteiger partial charge in [0.15, 0.2) is 0 Å². The Hall–Kier alpha value is -0.890. The molecule has 7 atom stereocenters. The SMILES string of the molecule is C=CC[C@@H]1C[C@H]2[C@@H]3CC=C4CC(O)CC[C@]4(C)[C@H]3CC[C@]2(C)C1=O. The van der Waals surface area contributed by atoms with Gasteiger partial charge >= 0.3 is 0 Å². The van der Waals surface area contributed by atoms with Gasteiger partial charge in [0.05, 0.1) is 6.10 Å². The summed E-state index contributed by atoms with van der Waals surface area (Å²) in [5.41, 5.74) is 1.69. The first-order valence-corrected chi connectivity index (χ1v) is 9.93. The maximum atomic E-state index is 13.0. The minimum atomic E-state index is -0.139. The van der Waals surface area contributed by atoms with E-state index in [0.717, 1.165) is 44.9 Å². The average Bonchev–Trinajstić information content (AvgIpc) is 2.81. The molecule has 1 unspecified atom stereocenters. The molecule has 0 spiro atoms. The number of carbonyl (C=O) groups is 1. The van der Waals surface area contributed by atoms with Crippen LogP contribution in [0, 0.1) is 34.5 Å². The Morgan fingerprint density at radius 2 is 2.00 bits per heavy atom. The highest BCUT2D eigenvalue weighted by atomic mass is 16.3. The van der Waals surface area contributed by atoms with Crippen molar-refractivity contribution in [2.75, 3.05) is 0 Å². The number of aliphatic hydroxyl groups excluding tert-OH is 1. The van der Waals surface area contributed by atoms with Crippen LogP contribution in [0.25, 0.3) is 0 Å². The maximum absolute atomic E-state index is 13.0. The van der Waals surface area contributed by atoms with Gasteiger partial charge in [-0.2, -0.15) is 0 Å².